The fraction of sp³-hybridized carbons (Fsp3) is 0.872. The second-order valence-corrected chi connectivity index (χ2v) is 24.9. The predicted molar refractivity (Wildman–Crippen MR) is 235 cm³/mol. The highest BCUT2D eigenvalue weighted by atomic mass is 32.2. The molecular weight excluding hydrogens is 661 g/mol. The third-order valence-corrected chi connectivity index (χ3v) is 17.8. The molecule has 4 heteroatoms. The van der Waals surface area contributed by atoms with Crippen molar-refractivity contribution in [1.29, 1.82) is 0 Å². The zero-order chi connectivity index (χ0) is 40.3. The van der Waals surface area contributed by atoms with E-state index in [1.807, 2.05) is 23.5 Å². The van der Waals surface area contributed by atoms with Gasteiger partial charge in [-0.15, -0.1) is 0 Å². The number of aliphatic hydroxyl groups excluding tert-OH is 2. The summed E-state index contributed by atoms with van der Waals surface area (Å²) < 4.78 is 0. The van der Waals surface area contributed by atoms with E-state index >= 15 is 0 Å². The van der Waals surface area contributed by atoms with Crippen LogP contribution >= 0.6 is 23.5 Å². The first-order valence-electron chi connectivity index (χ1n) is 20.2. The molecule has 300 valence electrons. The summed E-state index contributed by atoms with van der Waals surface area (Å²) in [5.41, 5.74) is 4.97. The van der Waals surface area contributed by atoms with Gasteiger partial charge >= 0.3 is 0 Å². The Kier molecular flexibility index (Phi) is 16.6. The van der Waals surface area contributed by atoms with Crippen LogP contribution in [0.3, 0.4) is 0 Å². The Bertz CT molecular complexity index is 1230. The number of hydrogen-bond acceptors (Lipinski definition) is 4. The van der Waals surface area contributed by atoms with Crippen molar-refractivity contribution >= 4 is 23.5 Å². The molecule has 2 unspecified atom stereocenters. The smallest absolute Gasteiger partial charge is 0.0521 e. The lowest BCUT2D eigenvalue weighted by atomic mass is 9.51. The van der Waals surface area contributed by atoms with E-state index < -0.39 is 0 Å². The molecule has 1 rings (SSSR count). The standard InChI is InChI=1S/C47H88O2S2/c1-34(30-50-24-22-48)29-40(6,7)41(8,9)32-43(12,13)46(18,19)37-26-36(39(3,4)5)27-38(28-37)47(20,21)44(14,15)33-42(10,11)45(16,17)35(2)31-51-25-23-49/h26-28,34-35,48-49H,22-25,29-33H2,1-21H3. The van der Waals surface area contributed by atoms with E-state index in [4.69, 9.17) is 0 Å². The predicted octanol–water partition coefficient (Wildman–Crippen LogP) is 13.6. The number of benzene rings is 1. The van der Waals surface area contributed by atoms with Gasteiger partial charge in [0.1, 0.15) is 0 Å². The monoisotopic (exact) mass is 749 g/mol. The van der Waals surface area contributed by atoms with Crippen LogP contribution in [0.4, 0.5) is 0 Å². The van der Waals surface area contributed by atoms with Gasteiger partial charge in [-0.1, -0.05) is 164 Å². The molecule has 0 fully saturated rings. The van der Waals surface area contributed by atoms with Gasteiger partial charge in [0.05, 0.1) is 13.2 Å². The first-order chi connectivity index (χ1) is 22.7. The number of hydrogen-bond donors (Lipinski definition) is 2. The lowest BCUT2D eigenvalue weighted by molar-refractivity contribution is -0.00540. The molecule has 0 heterocycles. The molecule has 1 aromatic carbocycles. The fourth-order valence-electron chi connectivity index (χ4n) is 8.44. The van der Waals surface area contributed by atoms with Crippen molar-refractivity contribution in [1.82, 2.24) is 0 Å². The normalized spacial score (nSPS) is 16.1. The van der Waals surface area contributed by atoms with Crippen molar-refractivity contribution < 1.29 is 10.2 Å². The van der Waals surface area contributed by atoms with Crippen LogP contribution in [0.25, 0.3) is 0 Å². The minimum absolute atomic E-state index is 0.0390. The van der Waals surface area contributed by atoms with Gasteiger partial charge in [-0.3, -0.25) is 0 Å². The zero-order valence-electron chi connectivity index (χ0n) is 38.0. The molecule has 1 aromatic rings. The first-order valence-corrected chi connectivity index (χ1v) is 22.5. The Morgan fingerprint density at radius 3 is 1.25 bits per heavy atom. The summed E-state index contributed by atoms with van der Waals surface area (Å²) in [6.07, 6.45) is 3.45. The molecule has 2 nitrogen and oxygen atoms in total. The molecule has 0 radical (unpaired) electrons. The fourth-order valence-corrected chi connectivity index (χ4v) is 10.3. The maximum atomic E-state index is 9.39. The van der Waals surface area contributed by atoms with Crippen molar-refractivity contribution in [3.05, 3.63) is 34.9 Å². The number of aliphatic hydroxyl groups is 2. The average Bonchev–Trinajstić information content (AvgIpc) is 2.94. The van der Waals surface area contributed by atoms with E-state index in [9.17, 15) is 10.2 Å². The van der Waals surface area contributed by atoms with E-state index in [0.717, 1.165) is 35.9 Å². The first kappa shape index (κ1) is 48.9. The molecule has 0 aliphatic rings. The van der Waals surface area contributed by atoms with Gasteiger partial charge in [-0.2, -0.15) is 23.5 Å². The van der Waals surface area contributed by atoms with Crippen molar-refractivity contribution in [3.63, 3.8) is 0 Å². The highest BCUT2D eigenvalue weighted by Crippen LogP contribution is 2.58. The van der Waals surface area contributed by atoms with E-state index in [-0.39, 0.29) is 61.9 Å². The van der Waals surface area contributed by atoms with Gasteiger partial charge < -0.3 is 10.2 Å². The SMILES string of the molecule is CC(CSCCO)CC(C)(C)C(C)(C)CC(C)(C)C(C)(C)c1cc(C(C)(C)C)cc(C(C)(C)C(C)(C)CC(C)(C)C(C)(C)C(C)CSCCO)c1. The maximum Gasteiger partial charge on any atom is 0.0521 e. The summed E-state index contributed by atoms with van der Waals surface area (Å²) in [6, 6.07) is 7.69. The molecule has 51 heavy (non-hydrogen) atoms. The minimum atomic E-state index is -0.0586. The van der Waals surface area contributed by atoms with Gasteiger partial charge in [0.2, 0.25) is 0 Å². The Hall–Kier alpha value is -0.160. The van der Waals surface area contributed by atoms with Crippen LogP contribution in [0, 0.1) is 44.3 Å². The Balaban J connectivity index is 3.66. The molecule has 0 aliphatic heterocycles. The molecule has 0 spiro atoms. The lowest BCUT2D eigenvalue weighted by Gasteiger charge is -2.54. The Morgan fingerprint density at radius 2 is 0.863 bits per heavy atom. The third kappa shape index (κ3) is 11.7. The van der Waals surface area contributed by atoms with Crippen LogP contribution in [0.2, 0.25) is 0 Å². The van der Waals surface area contributed by atoms with Gasteiger partial charge in [0.25, 0.3) is 0 Å². The second-order valence-electron chi connectivity index (χ2n) is 22.6. The number of thioether (sulfide) groups is 2. The van der Waals surface area contributed by atoms with E-state index in [1.165, 1.54) is 23.1 Å². The molecule has 0 aromatic heterocycles. The summed E-state index contributed by atoms with van der Waals surface area (Å²) in [5.74, 6) is 5.01. The molecular formula is C47H88O2S2. The maximum absolute atomic E-state index is 9.39. The lowest BCUT2D eigenvalue weighted by Crippen LogP contribution is -2.47. The number of rotatable bonds is 21. The summed E-state index contributed by atoms with van der Waals surface area (Å²) in [7, 11) is 0. The highest BCUT2D eigenvalue weighted by Gasteiger charge is 2.50. The van der Waals surface area contributed by atoms with Crippen LogP contribution < -0.4 is 0 Å². The van der Waals surface area contributed by atoms with Crippen LogP contribution in [0.1, 0.15) is 181 Å². The topological polar surface area (TPSA) is 40.5 Å². The third-order valence-electron chi connectivity index (χ3n) is 15.3. The van der Waals surface area contributed by atoms with E-state index in [0.29, 0.717) is 11.8 Å². The van der Waals surface area contributed by atoms with Crippen LogP contribution in [0.5, 0.6) is 0 Å². The van der Waals surface area contributed by atoms with Crippen molar-refractivity contribution in [2.24, 2.45) is 44.3 Å². The largest absolute Gasteiger partial charge is 0.396 e. The van der Waals surface area contributed by atoms with Gasteiger partial charge in [0, 0.05) is 11.5 Å². The van der Waals surface area contributed by atoms with E-state index in [1.54, 1.807) is 0 Å². The average molecular weight is 749 g/mol. The van der Waals surface area contributed by atoms with Gasteiger partial charge in [0.15, 0.2) is 0 Å². The molecule has 2 N–H and O–H groups in total. The van der Waals surface area contributed by atoms with Gasteiger partial charge in [-0.05, 0) is 108 Å². The van der Waals surface area contributed by atoms with E-state index in [2.05, 4.69) is 164 Å². The molecule has 0 saturated carbocycles. The quantitative estimate of drug-likeness (QED) is 0.123. The Morgan fingerprint density at radius 1 is 0.490 bits per heavy atom. The summed E-state index contributed by atoms with van der Waals surface area (Å²) in [6.45, 7) is 52.5. The van der Waals surface area contributed by atoms with Crippen LogP contribution in [-0.4, -0.2) is 46.4 Å². The molecule has 0 aliphatic carbocycles. The van der Waals surface area contributed by atoms with Crippen molar-refractivity contribution in [2.75, 3.05) is 36.2 Å². The molecule has 0 bridgehead atoms. The summed E-state index contributed by atoms with van der Waals surface area (Å²) in [5, 5.41) is 18.7. The van der Waals surface area contributed by atoms with Crippen LogP contribution in [-0.2, 0) is 16.2 Å². The summed E-state index contributed by atoms with van der Waals surface area (Å²) in [4.78, 5) is 0. The zero-order valence-corrected chi connectivity index (χ0v) is 39.6. The second kappa shape index (κ2) is 17.3. The summed E-state index contributed by atoms with van der Waals surface area (Å²) >= 11 is 3.77. The highest BCUT2D eigenvalue weighted by molar-refractivity contribution is 7.99. The minimum Gasteiger partial charge on any atom is -0.396 e. The van der Waals surface area contributed by atoms with Crippen molar-refractivity contribution in [3.8, 4) is 0 Å². The molecule has 0 amide bonds. The van der Waals surface area contributed by atoms with Crippen LogP contribution in [0.15, 0.2) is 18.2 Å². The Labute approximate surface area is 328 Å². The van der Waals surface area contributed by atoms with Crippen molar-refractivity contribution in [2.45, 2.75) is 181 Å². The molecule has 2 atom stereocenters. The van der Waals surface area contributed by atoms with Gasteiger partial charge in [-0.25, -0.2) is 0 Å². The molecule has 0 saturated heterocycles.